The van der Waals surface area contributed by atoms with Crippen molar-refractivity contribution in [1.82, 2.24) is 4.90 Å². The van der Waals surface area contributed by atoms with Gasteiger partial charge in [-0.25, -0.2) is 0 Å². The van der Waals surface area contributed by atoms with Gasteiger partial charge in [-0.05, 0) is 33.4 Å². The fourth-order valence-electron chi connectivity index (χ4n) is 1.14. The average molecular weight is 143 g/mol. The predicted octanol–water partition coefficient (Wildman–Crippen LogP) is 2.52. The zero-order chi connectivity index (χ0) is 7.98. The van der Waals surface area contributed by atoms with Crippen LogP contribution in [0.5, 0.6) is 0 Å². The Labute approximate surface area is 65.4 Å². The van der Waals surface area contributed by atoms with Crippen molar-refractivity contribution in [2.24, 2.45) is 0 Å². The van der Waals surface area contributed by atoms with Gasteiger partial charge in [0.15, 0.2) is 0 Å². The highest BCUT2D eigenvalue weighted by Crippen LogP contribution is 1.99. The van der Waals surface area contributed by atoms with Gasteiger partial charge in [-0.2, -0.15) is 0 Å². The number of nitrogens with zero attached hydrogens (tertiary/aromatic N) is 1. The molecular formula is C9H21N. The summed E-state index contributed by atoms with van der Waals surface area (Å²) in [6, 6.07) is 0.719. The van der Waals surface area contributed by atoms with Gasteiger partial charge in [-0.1, -0.05) is 20.3 Å². The largest absolute Gasteiger partial charge is 0.301 e. The van der Waals surface area contributed by atoms with E-state index in [0.29, 0.717) is 0 Å². The minimum absolute atomic E-state index is 0.719. The van der Waals surface area contributed by atoms with Crippen LogP contribution in [-0.4, -0.2) is 24.0 Å². The van der Waals surface area contributed by atoms with Crippen LogP contribution in [0.2, 0.25) is 0 Å². The normalized spacial score (nSPS) is 11.4. The second kappa shape index (κ2) is 5.72. The lowest BCUT2D eigenvalue weighted by molar-refractivity contribution is 0.230. The SMILES string of the molecule is CCCCN(CC)C(C)C. The molecule has 10 heavy (non-hydrogen) atoms. The molecule has 0 rings (SSSR count). The molecule has 0 fully saturated rings. The Morgan fingerprint density at radius 2 is 1.80 bits per heavy atom. The van der Waals surface area contributed by atoms with Crippen LogP contribution in [0.3, 0.4) is 0 Å². The van der Waals surface area contributed by atoms with E-state index in [0.717, 1.165) is 6.04 Å². The molecule has 0 bridgehead atoms. The minimum Gasteiger partial charge on any atom is -0.301 e. The zero-order valence-corrected chi connectivity index (χ0v) is 7.85. The molecule has 1 heteroatoms. The second-order valence-electron chi connectivity index (χ2n) is 3.08. The molecule has 0 saturated carbocycles. The first kappa shape index (κ1) is 9.96. The van der Waals surface area contributed by atoms with Crippen LogP contribution in [0, 0.1) is 0 Å². The molecule has 0 aromatic heterocycles. The topological polar surface area (TPSA) is 3.24 Å². The summed E-state index contributed by atoms with van der Waals surface area (Å²) in [6.07, 6.45) is 2.65. The van der Waals surface area contributed by atoms with E-state index in [1.54, 1.807) is 0 Å². The first-order chi connectivity index (χ1) is 4.72. The fourth-order valence-corrected chi connectivity index (χ4v) is 1.14. The number of rotatable bonds is 5. The quantitative estimate of drug-likeness (QED) is 0.571. The fraction of sp³-hybridized carbons (Fsp3) is 1.00. The van der Waals surface area contributed by atoms with Gasteiger partial charge in [-0.3, -0.25) is 0 Å². The monoisotopic (exact) mass is 143 g/mol. The molecule has 62 valence electrons. The van der Waals surface area contributed by atoms with Crippen LogP contribution >= 0.6 is 0 Å². The molecule has 0 unspecified atom stereocenters. The molecule has 0 aromatic carbocycles. The summed E-state index contributed by atoms with van der Waals surface area (Å²) in [5.74, 6) is 0. The van der Waals surface area contributed by atoms with Gasteiger partial charge in [-0.15, -0.1) is 0 Å². The zero-order valence-electron chi connectivity index (χ0n) is 7.85. The lowest BCUT2D eigenvalue weighted by Gasteiger charge is -2.24. The molecular weight excluding hydrogens is 122 g/mol. The first-order valence-corrected chi connectivity index (χ1v) is 4.46. The van der Waals surface area contributed by atoms with Gasteiger partial charge in [0.25, 0.3) is 0 Å². The van der Waals surface area contributed by atoms with E-state index < -0.39 is 0 Å². The van der Waals surface area contributed by atoms with Gasteiger partial charge >= 0.3 is 0 Å². The summed E-state index contributed by atoms with van der Waals surface area (Å²) in [5, 5.41) is 0. The van der Waals surface area contributed by atoms with Gasteiger partial charge in [0.2, 0.25) is 0 Å². The Kier molecular flexibility index (Phi) is 5.70. The summed E-state index contributed by atoms with van der Waals surface area (Å²) in [4.78, 5) is 2.50. The lowest BCUT2D eigenvalue weighted by Crippen LogP contribution is -2.31. The van der Waals surface area contributed by atoms with Crippen molar-refractivity contribution in [3.63, 3.8) is 0 Å². The molecule has 0 N–H and O–H groups in total. The van der Waals surface area contributed by atoms with E-state index in [1.807, 2.05) is 0 Å². The standard InChI is InChI=1S/C9H21N/c1-5-7-8-10(6-2)9(3)4/h9H,5-8H2,1-4H3. The maximum atomic E-state index is 2.50. The molecule has 0 aliphatic heterocycles. The van der Waals surface area contributed by atoms with Crippen LogP contribution in [0.4, 0.5) is 0 Å². The maximum Gasteiger partial charge on any atom is 0.00384 e. The van der Waals surface area contributed by atoms with Gasteiger partial charge < -0.3 is 4.90 Å². The Morgan fingerprint density at radius 1 is 1.20 bits per heavy atom. The van der Waals surface area contributed by atoms with Gasteiger partial charge in [0.1, 0.15) is 0 Å². The molecule has 0 atom stereocenters. The van der Waals surface area contributed by atoms with Crippen molar-refractivity contribution in [3.8, 4) is 0 Å². The maximum absolute atomic E-state index is 2.50. The molecule has 0 radical (unpaired) electrons. The number of unbranched alkanes of at least 4 members (excludes halogenated alkanes) is 1. The van der Waals surface area contributed by atoms with Gasteiger partial charge in [0.05, 0.1) is 0 Å². The molecule has 0 spiro atoms. The summed E-state index contributed by atoms with van der Waals surface area (Å²) >= 11 is 0. The minimum atomic E-state index is 0.719. The van der Waals surface area contributed by atoms with E-state index in [2.05, 4.69) is 32.6 Å². The number of hydrogen-bond donors (Lipinski definition) is 0. The average Bonchev–Trinajstić information content (AvgIpc) is 1.89. The van der Waals surface area contributed by atoms with Crippen molar-refractivity contribution in [2.75, 3.05) is 13.1 Å². The Balaban J connectivity index is 3.40. The second-order valence-corrected chi connectivity index (χ2v) is 3.08. The van der Waals surface area contributed by atoms with Crippen molar-refractivity contribution < 1.29 is 0 Å². The van der Waals surface area contributed by atoms with E-state index in [4.69, 9.17) is 0 Å². The highest BCUT2D eigenvalue weighted by molar-refractivity contribution is 4.59. The van der Waals surface area contributed by atoms with Crippen molar-refractivity contribution in [2.45, 2.75) is 46.6 Å². The molecule has 0 aromatic rings. The van der Waals surface area contributed by atoms with Crippen molar-refractivity contribution >= 4 is 0 Å². The van der Waals surface area contributed by atoms with Crippen molar-refractivity contribution in [1.29, 1.82) is 0 Å². The Hall–Kier alpha value is -0.0400. The molecule has 0 heterocycles. The molecule has 0 saturated heterocycles. The first-order valence-electron chi connectivity index (χ1n) is 4.46. The lowest BCUT2D eigenvalue weighted by atomic mass is 10.2. The summed E-state index contributed by atoms with van der Waals surface area (Å²) in [6.45, 7) is 11.5. The summed E-state index contributed by atoms with van der Waals surface area (Å²) in [5.41, 5.74) is 0. The van der Waals surface area contributed by atoms with Gasteiger partial charge in [0, 0.05) is 6.04 Å². The van der Waals surface area contributed by atoms with Crippen LogP contribution in [0.1, 0.15) is 40.5 Å². The molecule has 1 nitrogen and oxygen atoms in total. The molecule has 0 aliphatic carbocycles. The third kappa shape index (κ3) is 3.89. The van der Waals surface area contributed by atoms with E-state index in [-0.39, 0.29) is 0 Å². The summed E-state index contributed by atoms with van der Waals surface area (Å²) in [7, 11) is 0. The third-order valence-electron chi connectivity index (χ3n) is 1.94. The Morgan fingerprint density at radius 3 is 2.10 bits per heavy atom. The molecule has 0 amide bonds. The van der Waals surface area contributed by atoms with Crippen LogP contribution < -0.4 is 0 Å². The van der Waals surface area contributed by atoms with E-state index in [9.17, 15) is 0 Å². The Bertz CT molecular complexity index is 69.1. The van der Waals surface area contributed by atoms with Crippen LogP contribution in [-0.2, 0) is 0 Å². The smallest absolute Gasteiger partial charge is 0.00384 e. The highest BCUT2D eigenvalue weighted by Gasteiger charge is 2.03. The van der Waals surface area contributed by atoms with Crippen LogP contribution in [0.25, 0.3) is 0 Å². The number of hydrogen-bond acceptors (Lipinski definition) is 1. The van der Waals surface area contributed by atoms with Crippen molar-refractivity contribution in [3.05, 3.63) is 0 Å². The molecule has 0 aliphatic rings. The third-order valence-corrected chi connectivity index (χ3v) is 1.94. The highest BCUT2D eigenvalue weighted by atomic mass is 15.1. The predicted molar refractivity (Wildman–Crippen MR) is 47.3 cm³/mol. The van der Waals surface area contributed by atoms with Crippen LogP contribution in [0.15, 0.2) is 0 Å². The van der Waals surface area contributed by atoms with E-state index in [1.165, 1.54) is 25.9 Å². The summed E-state index contributed by atoms with van der Waals surface area (Å²) < 4.78 is 0. The van der Waals surface area contributed by atoms with E-state index >= 15 is 0 Å².